The summed E-state index contributed by atoms with van der Waals surface area (Å²) in [6.07, 6.45) is 2.74. The molecule has 2 aromatic carbocycles. The van der Waals surface area contributed by atoms with Crippen molar-refractivity contribution in [1.29, 1.82) is 0 Å². The molecule has 0 atom stereocenters. The monoisotopic (exact) mass is 295 g/mol. The first-order valence-corrected chi connectivity index (χ1v) is 7.64. The van der Waals surface area contributed by atoms with E-state index in [0.717, 1.165) is 41.4 Å². The van der Waals surface area contributed by atoms with Crippen LogP contribution >= 0.6 is 0 Å². The van der Waals surface area contributed by atoms with Gasteiger partial charge in [-0.3, -0.25) is 4.57 Å². The fraction of sp³-hybridized carbons (Fsp3) is 0.278. The molecule has 0 aliphatic heterocycles. The lowest BCUT2D eigenvalue weighted by atomic mass is 9.99. The number of hydrogen-bond acceptors (Lipinski definition) is 2. The van der Waals surface area contributed by atoms with Gasteiger partial charge in [0.05, 0.1) is 11.0 Å². The predicted molar refractivity (Wildman–Crippen MR) is 90.6 cm³/mol. The molecule has 3 aromatic rings. The van der Waals surface area contributed by atoms with Gasteiger partial charge in [-0.1, -0.05) is 55.8 Å². The second-order valence-corrected chi connectivity index (χ2v) is 5.70. The van der Waals surface area contributed by atoms with Crippen molar-refractivity contribution in [3.05, 3.63) is 69.6 Å². The van der Waals surface area contributed by atoms with Crippen LogP contribution in [0.1, 0.15) is 30.0 Å². The molecule has 0 spiro atoms. The molecular weight excluding hydrogens is 274 g/mol. The Labute approximate surface area is 129 Å². The van der Waals surface area contributed by atoms with E-state index in [1.807, 2.05) is 18.2 Å². The highest BCUT2D eigenvalue weighted by Crippen LogP contribution is 2.24. The number of hydrogen-bond donors (Lipinski definition) is 1. The molecule has 0 unspecified atom stereocenters. The molecule has 4 heteroatoms. The van der Waals surface area contributed by atoms with Crippen LogP contribution < -0.4 is 11.5 Å². The second kappa shape index (κ2) is 5.72. The highest BCUT2D eigenvalue weighted by Gasteiger charge is 2.16. The number of nitrogens with zero attached hydrogens (tertiary/aromatic N) is 2. The number of aromatic nitrogens is 2. The van der Waals surface area contributed by atoms with Crippen LogP contribution in [0.5, 0.6) is 0 Å². The summed E-state index contributed by atoms with van der Waals surface area (Å²) in [5.74, 6) is 6.02. The first-order chi connectivity index (χ1) is 10.6. The normalized spacial score (nSPS) is 11.2. The molecule has 4 nitrogen and oxygen atoms in total. The molecule has 0 bridgehead atoms. The van der Waals surface area contributed by atoms with Crippen LogP contribution in [0.3, 0.4) is 0 Å². The maximum absolute atomic E-state index is 12.3. The quantitative estimate of drug-likeness (QED) is 0.752. The average Bonchev–Trinajstić information content (AvgIpc) is 2.76. The third-order valence-electron chi connectivity index (χ3n) is 4.14. The Morgan fingerprint density at radius 1 is 1.00 bits per heavy atom. The summed E-state index contributed by atoms with van der Waals surface area (Å²) in [5, 5.41) is 0. The van der Waals surface area contributed by atoms with Gasteiger partial charge in [0.15, 0.2) is 0 Å². The van der Waals surface area contributed by atoms with E-state index in [9.17, 15) is 4.79 Å². The first-order valence-electron chi connectivity index (χ1n) is 7.64. The van der Waals surface area contributed by atoms with Crippen LogP contribution in [0, 0.1) is 0 Å². The van der Waals surface area contributed by atoms with Gasteiger partial charge in [0, 0.05) is 7.05 Å². The van der Waals surface area contributed by atoms with Gasteiger partial charge in [-0.25, -0.2) is 9.47 Å². The highest BCUT2D eigenvalue weighted by molar-refractivity contribution is 5.83. The zero-order chi connectivity index (χ0) is 15.7. The van der Waals surface area contributed by atoms with E-state index >= 15 is 0 Å². The van der Waals surface area contributed by atoms with Crippen LogP contribution in [0.15, 0.2) is 47.3 Å². The third-order valence-corrected chi connectivity index (χ3v) is 4.14. The Hall–Kier alpha value is -2.49. The fourth-order valence-corrected chi connectivity index (χ4v) is 3.09. The molecule has 1 heterocycles. The van der Waals surface area contributed by atoms with Crippen molar-refractivity contribution in [3.63, 3.8) is 0 Å². The van der Waals surface area contributed by atoms with Gasteiger partial charge in [0.25, 0.3) is 0 Å². The van der Waals surface area contributed by atoms with Crippen LogP contribution in [0.25, 0.3) is 11.0 Å². The lowest BCUT2D eigenvalue weighted by molar-refractivity contribution is 0.823. The second-order valence-electron chi connectivity index (χ2n) is 5.70. The molecule has 22 heavy (non-hydrogen) atoms. The molecule has 0 saturated heterocycles. The highest BCUT2D eigenvalue weighted by atomic mass is 16.2. The van der Waals surface area contributed by atoms with Crippen molar-refractivity contribution in [2.24, 2.45) is 7.05 Å². The van der Waals surface area contributed by atoms with Gasteiger partial charge in [0.1, 0.15) is 0 Å². The van der Waals surface area contributed by atoms with Gasteiger partial charge in [0.2, 0.25) is 0 Å². The van der Waals surface area contributed by atoms with Crippen molar-refractivity contribution in [1.82, 2.24) is 9.24 Å². The molecule has 0 amide bonds. The molecule has 0 saturated carbocycles. The van der Waals surface area contributed by atoms with Gasteiger partial charge < -0.3 is 5.84 Å². The minimum Gasteiger partial charge on any atom is -0.335 e. The van der Waals surface area contributed by atoms with Gasteiger partial charge in [-0.05, 0) is 29.5 Å². The molecule has 3 rings (SSSR count). The largest absolute Gasteiger partial charge is 0.347 e. The number of aryl methyl sites for hydroxylation is 2. The Morgan fingerprint density at radius 3 is 2.36 bits per heavy atom. The average molecular weight is 295 g/mol. The third kappa shape index (κ3) is 2.30. The Bertz CT molecular complexity index is 859. The Kier molecular flexibility index (Phi) is 3.75. The summed E-state index contributed by atoms with van der Waals surface area (Å²) in [4.78, 5) is 12.3. The summed E-state index contributed by atoms with van der Waals surface area (Å²) in [6, 6.07) is 14.5. The molecule has 0 aliphatic carbocycles. The Morgan fingerprint density at radius 2 is 1.68 bits per heavy atom. The number of fused-ring (bicyclic) bond motifs is 1. The van der Waals surface area contributed by atoms with E-state index < -0.39 is 0 Å². The number of rotatable bonds is 4. The first kappa shape index (κ1) is 14.4. The van der Waals surface area contributed by atoms with E-state index in [-0.39, 0.29) is 5.69 Å². The van der Waals surface area contributed by atoms with Gasteiger partial charge >= 0.3 is 5.69 Å². The lowest BCUT2D eigenvalue weighted by Crippen LogP contribution is -2.28. The van der Waals surface area contributed by atoms with E-state index in [4.69, 9.17) is 5.84 Å². The summed E-state index contributed by atoms with van der Waals surface area (Å²) in [7, 11) is 1.79. The van der Waals surface area contributed by atoms with Gasteiger partial charge in [-0.2, -0.15) is 0 Å². The summed E-state index contributed by atoms with van der Waals surface area (Å²) >= 11 is 0. The number of benzene rings is 2. The summed E-state index contributed by atoms with van der Waals surface area (Å²) in [5.41, 5.74) is 5.13. The molecular formula is C18H21N3O. The summed E-state index contributed by atoms with van der Waals surface area (Å²) in [6.45, 7) is 2.13. The molecule has 0 aliphatic rings. The minimum absolute atomic E-state index is 0.173. The molecule has 1 aromatic heterocycles. The van der Waals surface area contributed by atoms with Gasteiger partial charge in [-0.15, -0.1) is 0 Å². The SMILES string of the molecule is CCCc1ccc(Cc2ccccc2)c2c1n(N)c(=O)n2C. The van der Waals surface area contributed by atoms with Crippen molar-refractivity contribution < 1.29 is 0 Å². The maximum Gasteiger partial charge on any atom is 0.347 e. The molecule has 0 fully saturated rings. The van der Waals surface area contributed by atoms with E-state index in [2.05, 4.69) is 31.2 Å². The number of nitrogen functional groups attached to an aromatic ring is 1. The number of imidazole rings is 1. The van der Waals surface area contributed by atoms with Crippen molar-refractivity contribution in [3.8, 4) is 0 Å². The van der Waals surface area contributed by atoms with Crippen LogP contribution in [0.2, 0.25) is 0 Å². The van der Waals surface area contributed by atoms with Crippen molar-refractivity contribution >= 4 is 11.0 Å². The molecule has 114 valence electrons. The minimum atomic E-state index is -0.173. The molecule has 2 N–H and O–H groups in total. The van der Waals surface area contributed by atoms with Crippen molar-refractivity contribution in [2.45, 2.75) is 26.2 Å². The smallest absolute Gasteiger partial charge is 0.335 e. The topological polar surface area (TPSA) is 52.9 Å². The predicted octanol–water partition coefficient (Wildman–Crippen LogP) is 2.60. The lowest BCUT2D eigenvalue weighted by Gasteiger charge is -2.09. The van der Waals surface area contributed by atoms with E-state index in [1.165, 1.54) is 10.2 Å². The zero-order valence-electron chi connectivity index (χ0n) is 13.0. The zero-order valence-corrected chi connectivity index (χ0v) is 13.0. The molecule has 0 radical (unpaired) electrons. The maximum atomic E-state index is 12.3. The fourth-order valence-electron chi connectivity index (χ4n) is 3.09. The van der Waals surface area contributed by atoms with Crippen LogP contribution in [-0.2, 0) is 19.9 Å². The van der Waals surface area contributed by atoms with Crippen LogP contribution in [-0.4, -0.2) is 9.24 Å². The van der Waals surface area contributed by atoms with Crippen molar-refractivity contribution in [2.75, 3.05) is 5.84 Å². The van der Waals surface area contributed by atoms with Crippen LogP contribution in [0.4, 0.5) is 0 Å². The number of nitrogens with two attached hydrogens (primary N) is 1. The van der Waals surface area contributed by atoms with E-state index in [1.54, 1.807) is 11.6 Å². The van der Waals surface area contributed by atoms with E-state index in [0.29, 0.717) is 0 Å². The summed E-state index contributed by atoms with van der Waals surface area (Å²) < 4.78 is 2.95. The standard InChI is InChI=1S/C18H21N3O/c1-3-7-14-10-11-15(12-13-8-5-4-6-9-13)16-17(14)21(19)18(22)20(16)2/h4-6,8-11H,3,7,12,19H2,1-2H3. The Balaban J connectivity index is 2.22.